The van der Waals surface area contributed by atoms with Gasteiger partial charge in [-0.3, -0.25) is 4.79 Å². The summed E-state index contributed by atoms with van der Waals surface area (Å²) in [6.45, 7) is 9.79. The van der Waals surface area contributed by atoms with E-state index in [2.05, 4.69) is 49.9 Å². The fourth-order valence-electron chi connectivity index (χ4n) is 3.48. The van der Waals surface area contributed by atoms with E-state index in [-0.39, 0.29) is 11.9 Å². The summed E-state index contributed by atoms with van der Waals surface area (Å²) in [4.78, 5) is 16.3. The Bertz CT molecular complexity index is 738. The van der Waals surface area contributed by atoms with Crippen LogP contribution in [0.3, 0.4) is 0 Å². The molecule has 0 unspecified atom stereocenters. The summed E-state index contributed by atoms with van der Waals surface area (Å²) in [5.74, 6) is 0.108. The molecule has 0 radical (unpaired) electrons. The number of para-hydroxylation sites is 2. The summed E-state index contributed by atoms with van der Waals surface area (Å²) in [5, 5.41) is 0. The first-order valence-electron chi connectivity index (χ1n) is 8.17. The molecule has 0 bridgehead atoms. The summed E-state index contributed by atoms with van der Waals surface area (Å²) in [7, 11) is 0. The van der Waals surface area contributed by atoms with Crippen LogP contribution < -0.4 is 9.80 Å². The molecule has 23 heavy (non-hydrogen) atoms. The number of rotatable bonds is 2. The van der Waals surface area contributed by atoms with E-state index in [1.165, 1.54) is 16.7 Å². The van der Waals surface area contributed by atoms with Gasteiger partial charge in [0, 0.05) is 20.0 Å². The third-order valence-electron chi connectivity index (χ3n) is 4.61. The smallest absolute Gasteiger partial charge is 0.224 e. The van der Waals surface area contributed by atoms with Crippen molar-refractivity contribution in [1.82, 2.24) is 0 Å². The van der Waals surface area contributed by atoms with Crippen molar-refractivity contribution in [3.63, 3.8) is 0 Å². The van der Waals surface area contributed by atoms with Gasteiger partial charge < -0.3 is 9.80 Å². The van der Waals surface area contributed by atoms with Crippen molar-refractivity contribution < 1.29 is 4.79 Å². The van der Waals surface area contributed by atoms with Crippen LogP contribution in [0.5, 0.6) is 0 Å². The number of carbonyl (C=O) groups is 1. The van der Waals surface area contributed by atoms with Gasteiger partial charge in [-0.25, -0.2) is 0 Å². The predicted molar refractivity (Wildman–Crippen MR) is 96.0 cm³/mol. The van der Waals surface area contributed by atoms with Crippen molar-refractivity contribution in [3.05, 3.63) is 59.2 Å². The maximum absolute atomic E-state index is 12.0. The average molecular weight is 308 g/mol. The lowest BCUT2D eigenvalue weighted by Crippen LogP contribution is -2.49. The van der Waals surface area contributed by atoms with Crippen LogP contribution in [0, 0.1) is 13.8 Å². The van der Waals surface area contributed by atoms with Gasteiger partial charge in [-0.15, -0.1) is 0 Å². The first-order valence-corrected chi connectivity index (χ1v) is 8.17. The van der Waals surface area contributed by atoms with E-state index in [0.29, 0.717) is 0 Å². The van der Waals surface area contributed by atoms with Crippen molar-refractivity contribution in [2.45, 2.75) is 40.3 Å². The number of hydrogen-bond acceptors (Lipinski definition) is 2. The molecular formula is C20H24N2O. The number of aryl methyl sites for hydroxylation is 2. The summed E-state index contributed by atoms with van der Waals surface area (Å²) in [5.41, 5.74) is 6.11. The van der Waals surface area contributed by atoms with Crippen molar-refractivity contribution in [2.75, 3.05) is 16.3 Å². The third-order valence-corrected chi connectivity index (χ3v) is 4.61. The summed E-state index contributed by atoms with van der Waals surface area (Å²) in [6.07, 6.45) is 0. The highest BCUT2D eigenvalue weighted by molar-refractivity contribution is 5.97. The summed E-state index contributed by atoms with van der Waals surface area (Å²) < 4.78 is 0. The van der Waals surface area contributed by atoms with Crippen LogP contribution in [0.15, 0.2) is 42.5 Å². The Morgan fingerprint density at radius 1 is 1.13 bits per heavy atom. The number of anilines is 2. The van der Waals surface area contributed by atoms with Crippen LogP contribution in [0.2, 0.25) is 0 Å². The lowest BCUT2D eigenvalue weighted by atomic mass is 10.0. The number of hydrogen-bond donors (Lipinski definition) is 0. The van der Waals surface area contributed by atoms with E-state index in [1.54, 1.807) is 6.92 Å². The van der Waals surface area contributed by atoms with Crippen LogP contribution in [-0.4, -0.2) is 18.5 Å². The van der Waals surface area contributed by atoms with Gasteiger partial charge in [-0.1, -0.05) is 35.9 Å². The van der Waals surface area contributed by atoms with Crippen LogP contribution in [0.1, 0.15) is 30.5 Å². The van der Waals surface area contributed by atoms with Gasteiger partial charge in [-0.2, -0.15) is 0 Å². The van der Waals surface area contributed by atoms with Gasteiger partial charge in [0.05, 0.1) is 17.4 Å². The third kappa shape index (κ3) is 2.96. The first-order chi connectivity index (χ1) is 11.0. The zero-order valence-corrected chi connectivity index (χ0v) is 14.3. The maximum atomic E-state index is 12.0. The highest BCUT2D eigenvalue weighted by Crippen LogP contribution is 2.36. The number of amides is 1. The lowest BCUT2D eigenvalue weighted by Gasteiger charge is -2.42. The topological polar surface area (TPSA) is 23.6 Å². The van der Waals surface area contributed by atoms with E-state index >= 15 is 0 Å². The second kappa shape index (κ2) is 6.07. The van der Waals surface area contributed by atoms with Crippen LogP contribution in [-0.2, 0) is 11.3 Å². The minimum absolute atomic E-state index is 0.108. The Morgan fingerprint density at radius 3 is 2.52 bits per heavy atom. The first kappa shape index (κ1) is 15.6. The normalized spacial score (nSPS) is 17.1. The highest BCUT2D eigenvalue weighted by atomic mass is 16.2. The lowest BCUT2D eigenvalue weighted by molar-refractivity contribution is -0.117. The number of benzene rings is 2. The molecule has 1 amide bonds. The fraction of sp³-hybridized carbons (Fsp3) is 0.350. The SMILES string of the molecule is CC(=O)N1c2ccccc2N(Cc2cc(C)ccc2C)C[C@@H]1C. The minimum atomic E-state index is 0.108. The number of carbonyl (C=O) groups excluding carboxylic acids is 1. The molecule has 0 fully saturated rings. The molecule has 0 aromatic heterocycles. The highest BCUT2D eigenvalue weighted by Gasteiger charge is 2.30. The predicted octanol–water partition coefficient (Wildman–Crippen LogP) is 4.07. The van der Waals surface area contributed by atoms with Crippen LogP contribution >= 0.6 is 0 Å². The van der Waals surface area contributed by atoms with Crippen molar-refractivity contribution in [3.8, 4) is 0 Å². The fourth-order valence-corrected chi connectivity index (χ4v) is 3.48. The Labute approximate surface area is 138 Å². The van der Waals surface area contributed by atoms with E-state index in [0.717, 1.165) is 24.5 Å². The van der Waals surface area contributed by atoms with E-state index in [1.807, 2.05) is 23.1 Å². The molecule has 1 heterocycles. The molecule has 0 saturated heterocycles. The number of nitrogens with zero attached hydrogens (tertiary/aromatic N) is 2. The molecule has 1 aliphatic rings. The Kier molecular flexibility index (Phi) is 4.12. The molecule has 0 N–H and O–H groups in total. The molecule has 120 valence electrons. The Hall–Kier alpha value is -2.29. The second-order valence-corrected chi connectivity index (χ2v) is 6.54. The van der Waals surface area contributed by atoms with E-state index < -0.39 is 0 Å². The zero-order chi connectivity index (χ0) is 16.6. The van der Waals surface area contributed by atoms with Gasteiger partial charge in [-0.05, 0) is 44.0 Å². The molecular weight excluding hydrogens is 284 g/mol. The Balaban J connectivity index is 1.99. The van der Waals surface area contributed by atoms with Crippen molar-refractivity contribution in [1.29, 1.82) is 0 Å². The molecule has 1 atom stereocenters. The van der Waals surface area contributed by atoms with Gasteiger partial charge >= 0.3 is 0 Å². The van der Waals surface area contributed by atoms with Crippen LogP contribution in [0.25, 0.3) is 0 Å². The summed E-state index contributed by atoms with van der Waals surface area (Å²) >= 11 is 0. The molecule has 0 aliphatic carbocycles. The molecule has 3 nitrogen and oxygen atoms in total. The molecule has 0 spiro atoms. The van der Waals surface area contributed by atoms with E-state index in [4.69, 9.17) is 0 Å². The molecule has 2 aromatic carbocycles. The average Bonchev–Trinajstić information content (AvgIpc) is 2.50. The molecule has 0 saturated carbocycles. The molecule has 1 aliphatic heterocycles. The minimum Gasteiger partial charge on any atom is -0.363 e. The maximum Gasteiger partial charge on any atom is 0.224 e. The monoisotopic (exact) mass is 308 g/mol. The summed E-state index contributed by atoms with van der Waals surface area (Å²) in [6, 6.07) is 15.0. The van der Waals surface area contributed by atoms with Crippen LogP contribution in [0.4, 0.5) is 11.4 Å². The Morgan fingerprint density at radius 2 is 1.83 bits per heavy atom. The van der Waals surface area contributed by atoms with Gasteiger partial charge in [0.2, 0.25) is 5.91 Å². The molecule has 3 rings (SSSR count). The molecule has 2 aromatic rings. The standard InChI is InChI=1S/C20H24N2O/c1-14-9-10-15(2)18(11-14)13-21-12-16(3)22(17(4)23)20-8-6-5-7-19(20)21/h5-11,16H,12-13H2,1-4H3/t16-/m0/s1. The van der Waals surface area contributed by atoms with Gasteiger partial charge in [0.1, 0.15) is 0 Å². The number of fused-ring (bicyclic) bond motifs is 1. The van der Waals surface area contributed by atoms with E-state index in [9.17, 15) is 4.79 Å². The van der Waals surface area contributed by atoms with Gasteiger partial charge in [0.15, 0.2) is 0 Å². The quantitative estimate of drug-likeness (QED) is 0.835. The second-order valence-electron chi connectivity index (χ2n) is 6.54. The van der Waals surface area contributed by atoms with Gasteiger partial charge in [0.25, 0.3) is 0 Å². The largest absolute Gasteiger partial charge is 0.363 e. The zero-order valence-electron chi connectivity index (χ0n) is 14.3. The van der Waals surface area contributed by atoms with Crippen molar-refractivity contribution in [2.24, 2.45) is 0 Å². The van der Waals surface area contributed by atoms with Crippen molar-refractivity contribution >= 4 is 17.3 Å². The molecule has 3 heteroatoms.